The summed E-state index contributed by atoms with van der Waals surface area (Å²) in [6, 6.07) is 7.81. The lowest BCUT2D eigenvalue weighted by atomic mass is 10.2. The van der Waals surface area contributed by atoms with Crippen LogP contribution in [0.2, 0.25) is 0 Å². The van der Waals surface area contributed by atoms with E-state index in [1.807, 2.05) is 31.2 Å². The first-order valence-corrected chi connectivity index (χ1v) is 6.67. The fourth-order valence-electron chi connectivity index (χ4n) is 1.88. The molecule has 3 nitrogen and oxygen atoms in total. The van der Waals surface area contributed by atoms with Crippen LogP contribution in [0.4, 0.5) is 5.69 Å². The van der Waals surface area contributed by atoms with Crippen LogP contribution in [-0.4, -0.2) is 23.9 Å². The van der Waals surface area contributed by atoms with Crippen LogP contribution < -0.4 is 5.73 Å². The molecule has 0 aliphatic heterocycles. The highest BCUT2D eigenvalue weighted by Crippen LogP contribution is 2.34. The molecule has 0 radical (unpaired) electrons. The number of hydrogen-bond acceptors (Lipinski definition) is 3. The maximum absolute atomic E-state index is 12.4. The molecule has 0 aliphatic rings. The Morgan fingerprint density at radius 1 is 1.50 bits per heavy atom. The highest BCUT2D eigenvalue weighted by atomic mass is 32.1. The average molecular weight is 260 g/mol. The van der Waals surface area contributed by atoms with Crippen LogP contribution in [0.5, 0.6) is 0 Å². The minimum Gasteiger partial charge on any atom is -0.397 e. The van der Waals surface area contributed by atoms with Crippen LogP contribution in [0.3, 0.4) is 0 Å². The quantitative estimate of drug-likeness (QED) is 0.858. The number of carbonyl (C=O) groups is 1. The Kier molecular flexibility index (Phi) is 3.67. The van der Waals surface area contributed by atoms with Gasteiger partial charge in [-0.1, -0.05) is 24.3 Å². The Bertz CT molecular complexity index is 588. The molecule has 0 fully saturated rings. The third kappa shape index (κ3) is 2.11. The number of nitrogens with two attached hydrogens (primary N) is 1. The summed E-state index contributed by atoms with van der Waals surface area (Å²) < 4.78 is 1.05. The van der Waals surface area contributed by atoms with E-state index in [0.29, 0.717) is 23.7 Å². The van der Waals surface area contributed by atoms with Crippen molar-refractivity contribution < 1.29 is 4.79 Å². The minimum atomic E-state index is -0.0175. The van der Waals surface area contributed by atoms with E-state index in [1.54, 1.807) is 11.0 Å². The molecule has 2 rings (SSSR count). The highest BCUT2D eigenvalue weighted by molar-refractivity contribution is 7.21. The monoisotopic (exact) mass is 260 g/mol. The molecule has 0 saturated carbocycles. The Labute approximate surface area is 111 Å². The van der Waals surface area contributed by atoms with Gasteiger partial charge in [-0.15, -0.1) is 17.9 Å². The molecule has 4 heteroatoms. The smallest absolute Gasteiger partial charge is 0.266 e. The molecule has 0 saturated heterocycles. The first-order chi connectivity index (χ1) is 8.69. The van der Waals surface area contributed by atoms with Crippen molar-refractivity contribution in [1.82, 2.24) is 4.90 Å². The van der Waals surface area contributed by atoms with Crippen molar-refractivity contribution in [3.63, 3.8) is 0 Å². The summed E-state index contributed by atoms with van der Waals surface area (Å²) >= 11 is 1.45. The predicted octanol–water partition coefficient (Wildman–Crippen LogP) is 3.13. The Morgan fingerprint density at radius 2 is 2.22 bits per heavy atom. The van der Waals surface area contributed by atoms with Gasteiger partial charge in [0, 0.05) is 23.2 Å². The van der Waals surface area contributed by atoms with Crippen LogP contribution in [0.15, 0.2) is 36.9 Å². The van der Waals surface area contributed by atoms with Crippen molar-refractivity contribution in [1.29, 1.82) is 0 Å². The number of anilines is 1. The molecule has 0 bridgehead atoms. The molecule has 2 aromatic rings. The van der Waals surface area contributed by atoms with Gasteiger partial charge >= 0.3 is 0 Å². The van der Waals surface area contributed by atoms with Crippen molar-refractivity contribution in [3.05, 3.63) is 41.8 Å². The van der Waals surface area contributed by atoms with Crippen LogP contribution in [-0.2, 0) is 0 Å². The number of carbonyl (C=O) groups excluding carboxylic acids is 1. The first-order valence-electron chi connectivity index (χ1n) is 5.86. The number of nitrogen functional groups attached to an aromatic ring is 1. The van der Waals surface area contributed by atoms with E-state index >= 15 is 0 Å². The molecular formula is C14H16N2OS. The van der Waals surface area contributed by atoms with Gasteiger partial charge in [-0.2, -0.15) is 0 Å². The van der Waals surface area contributed by atoms with E-state index < -0.39 is 0 Å². The Hall–Kier alpha value is -1.81. The van der Waals surface area contributed by atoms with Crippen molar-refractivity contribution in [2.45, 2.75) is 6.92 Å². The summed E-state index contributed by atoms with van der Waals surface area (Å²) in [5.41, 5.74) is 6.65. The summed E-state index contributed by atoms with van der Waals surface area (Å²) in [4.78, 5) is 14.7. The summed E-state index contributed by atoms with van der Waals surface area (Å²) in [6.07, 6.45) is 1.73. The minimum absolute atomic E-state index is 0.0175. The molecule has 2 N–H and O–H groups in total. The predicted molar refractivity (Wildman–Crippen MR) is 78.0 cm³/mol. The largest absolute Gasteiger partial charge is 0.397 e. The SMILES string of the molecule is C=CCN(CC)C(=O)c1sc2ccccc2c1N. The standard InChI is InChI=1S/C14H16N2OS/c1-3-9-16(4-2)14(17)13-12(15)10-7-5-6-8-11(10)18-13/h3,5-8H,1,4,9,15H2,2H3. The zero-order valence-electron chi connectivity index (χ0n) is 10.3. The summed E-state index contributed by atoms with van der Waals surface area (Å²) in [7, 11) is 0. The number of likely N-dealkylation sites (N-methyl/N-ethyl adjacent to an activating group) is 1. The van der Waals surface area contributed by atoms with Crippen LogP contribution >= 0.6 is 11.3 Å². The van der Waals surface area contributed by atoms with Crippen LogP contribution in [0.25, 0.3) is 10.1 Å². The molecule has 0 unspecified atom stereocenters. The zero-order chi connectivity index (χ0) is 13.1. The Balaban J connectivity index is 2.44. The molecule has 94 valence electrons. The fraction of sp³-hybridized carbons (Fsp3) is 0.214. The second kappa shape index (κ2) is 5.23. The van der Waals surface area contributed by atoms with Crippen molar-refractivity contribution in [3.8, 4) is 0 Å². The lowest BCUT2D eigenvalue weighted by molar-refractivity contribution is 0.0788. The normalized spacial score (nSPS) is 10.5. The molecule has 1 amide bonds. The molecule has 0 aliphatic carbocycles. The number of benzene rings is 1. The summed E-state index contributed by atoms with van der Waals surface area (Å²) in [5, 5.41) is 0.959. The molecule has 1 aromatic heterocycles. The molecule has 1 aromatic carbocycles. The molecule has 1 heterocycles. The van der Waals surface area contributed by atoms with E-state index in [0.717, 1.165) is 10.1 Å². The van der Waals surface area contributed by atoms with Gasteiger partial charge in [0.2, 0.25) is 0 Å². The number of rotatable bonds is 4. The third-order valence-electron chi connectivity index (χ3n) is 2.85. The molecule has 18 heavy (non-hydrogen) atoms. The van der Waals surface area contributed by atoms with Gasteiger partial charge in [0.05, 0.1) is 5.69 Å². The average Bonchev–Trinajstić information content (AvgIpc) is 2.73. The van der Waals surface area contributed by atoms with Gasteiger partial charge in [0.1, 0.15) is 4.88 Å². The highest BCUT2D eigenvalue weighted by Gasteiger charge is 2.20. The Morgan fingerprint density at radius 3 is 2.83 bits per heavy atom. The van der Waals surface area contributed by atoms with Gasteiger partial charge < -0.3 is 10.6 Å². The first kappa shape index (κ1) is 12.6. The van der Waals surface area contributed by atoms with Gasteiger partial charge in [-0.25, -0.2) is 0 Å². The number of hydrogen-bond donors (Lipinski definition) is 1. The fourth-order valence-corrected chi connectivity index (χ4v) is 2.97. The number of amides is 1. The van der Waals surface area contributed by atoms with Gasteiger partial charge in [0.15, 0.2) is 0 Å². The topological polar surface area (TPSA) is 46.3 Å². The van der Waals surface area contributed by atoms with Crippen LogP contribution in [0, 0.1) is 0 Å². The van der Waals surface area contributed by atoms with E-state index in [-0.39, 0.29) is 5.91 Å². The lowest BCUT2D eigenvalue weighted by Gasteiger charge is -2.18. The van der Waals surface area contributed by atoms with E-state index in [9.17, 15) is 4.79 Å². The van der Waals surface area contributed by atoms with E-state index in [4.69, 9.17) is 5.73 Å². The van der Waals surface area contributed by atoms with E-state index in [2.05, 4.69) is 6.58 Å². The maximum atomic E-state index is 12.4. The molecular weight excluding hydrogens is 244 g/mol. The summed E-state index contributed by atoms with van der Waals surface area (Å²) in [5.74, 6) is -0.0175. The van der Waals surface area contributed by atoms with Crippen molar-refractivity contribution >= 4 is 33.0 Å². The number of nitrogens with zero attached hydrogens (tertiary/aromatic N) is 1. The molecule has 0 atom stereocenters. The van der Waals surface area contributed by atoms with Gasteiger partial charge in [0.25, 0.3) is 5.91 Å². The number of thiophene rings is 1. The van der Waals surface area contributed by atoms with Gasteiger partial charge in [-0.05, 0) is 13.0 Å². The second-order valence-corrected chi connectivity index (χ2v) is 5.03. The number of fused-ring (bicyclic) bond motifs is 1. The molecule has 0 spiro atoms. The van der Waals surface area contributed by atoms with Gasteiger partial charge in [-0.3, -0.25) is 4.79 Å². The van der Waals surface area contributed by atoms with Crippen molar-refractivity contribution in [2.24, 2.45) is 0 Å². The maximum Gasteiger partial charge on any atom is 0.266 e. The zero-order valence-corrected chi connectivity index (χ0v) is 11.2. The van der Waals surface area contributed by atoms with E-state index in [1.165, 1.54) is 11.3 Å². The lowest BCUT2D eigenvalue weighted by Crippen LogP contribution is -2.30. The third-order valence-corrected chi connectivity index (χ3v) is 4.02. The van der Waals surface area contributed by atoms with Crippen LogP contribution in [0.1, 0.15) is 16.6 Å². The summed E-state index contributed by atoms with van der Waals surface area (Å²) in [6.45, 7) is 6.81. The second-order valence-electron chi connectivity index (χ2n) is 3.97. The van der Waals surface area contributed by atoms with Crippen molar-refractivity contribution in [2.75, 3.05) is 18.8 Å².